The van der Waals surface area contributed by atoms with Crippen molar-refractivity contribution in [1.29, 1.82) is 0 Å². The maximum Gasteiger partial charge on any atom is 0.305 e. The van der Waals surface area contributed by atoms with Gasteiger partial charge in [-0.15, -0.1) is 0 Å². The Morgan fingerprint density at radius 2 is 1.96 bits per heavy atom. The quantitative estimate of drug-likeness (QED) is 0.559. The highest BCUT2D eigenvalue weighted by molar-refractivity contribution is 6.33. The fourth-order valence-corrected chi connectivity index (χ4v) is 2.04. The molecule has 0 aromatic heterocycles. The molecule has 0 saturated carbocycles. The zero-order chi connectivity index (χ0) is 17.2. The molecule has 0 aliphatic heterocycles. The number of ether oxygens (including phenoxy) is 1. The van der Waals surface area contributed by atoms with Crippen LogP contribution >= 0.6 is 11.6 Å². The number of esters is 1. The summed E-state index contributed by atoms with van der Waals surface area (Å²) in [6.07, 6.45) is 0.726. The molecule has 0 aliphatic rings. The van der Waals surface area contributed by atoms with E-state index in [9.17, 15) is 14.4 Å². The molecule has 7 heteroatoms. The topological polar surface area (TPSA) is 84.5 Å². The second-order valence-corrected chi connectivity index (χ2v) is 5.28. The van der Waals surface area contributed by atoms with Crippen molar-refractivity contribution in [3.63, 3.8) is 0 Å². The van der Waals surface area contributed by atoms with Gasteiger partial charge in [-0.1, -0.05) is 23.7 Å². The van der Waals surface area contributed by atoms with Gasteiger partial charge >= 0.3 is 5.97 Å². The van der Waals surface area contributed by atoms with Gasteiger partial charge in [0.2, 0.25) is 5.91 Å². The molecule has 1 aromatic carbocycles. The van der Waals surface area contributed by atoms with E-state index in [1.54, 1.807) is 38.1 Å². The number of benzene rings is 1. The molecular formula is C16H21ClN2O4. The third-order valence-corrected chi connectivity index (χ3v) is 3.35. The molecule has 0 bridgehead atoms. The molecule has 126 valence electrons. The minimum absolute atomic E-state index is 0.245. The second kappa shape index (κ2) is 9.84. The summed E-state index contributed by atoms with van der Waals surface area (Å²) >= 11 is 5.93. The minimum atomic E-state index is -0.707. The van der Waals surface area contributed by atoms with Crippen LogP contribution in [-0.4, -0.2) is 37.0 Å². The zero-order valence-electron chi connectivity index (χ0n) is 13.2. The average molecular weight is 341 g/mol. The third-order valence-electron chi connectivity index (χ3n) is 3.02. The Bertz CT molecular complexity index is 563. The van der Waals surface area contributed by atoms with Crippen LogP contribution in [0.15, 0.2) is 24.3 Å². The van der Waals surface area contributed by atoms with Gasteiger partial charge in [-0.05, 0) is 32.4 Å². The van der Waals surface area contributed by atoms with Crippen molar-refractivity contribution < 1.29 is 19.1 Å². The number of hydrogen-bond acceptors (Lipinski definition) is 4. The first kappa shape index (κ1) is 19.0. The number of hydrogen-bond donors (Lipinski definition) is 2. The van der Waals surface area contributed by atoms with Gasteiger partial charge in [-0.25, -0.2) is 0 Å². The van der Waals surface area contributed by atoms with Crippen LogP contribution in [0.2, 0.25) is 5.02 Å². The minimum Gasteiger partial charge on any atom is -0.466 e. The maximum atomic E-state index is 12.0. The zero-order valence-corrected chi connectivity index (χ0v) is 14.0. The van der Waals surface area contributed by atoms with Gasteiger partial charge in [-0.3, -0.25) is 14.4 Å². The Labute approximate surface area is 140 Å². The first-order chi connectivity index (χ1) is 11.0. The van der Waals surface area contributed by atoms with Crippen molar-refractivity contribution in [2.24, 2.45) is 0 Å². The summed E-state index contributed by atoms with van der Waals surface area (Å²) in [5.74, 6) is -1.03. The fourth-order valence-electron chi connectivity index (χ4n) is 1.82. The van der Waals surface area contributed by atoms with Crippen LogP contribution in [0.25, 0.3) is 0 Å². The maximum absolute atomic E-state index is 12.0. The average Bonchev–Trinajstić information content (AvgIpc) is 2.51. The van der Waals surface area contributed by atoms with Gasteiger partial charge in [0, 0.05) is 13.0 Å². The molecule has 1 aromatic rings. The summed E-state index contributed by atoms with van der Waals surface area (Å²) in [7, 11) is 0. The highest BCUT2D eigenvalue weighted by atomic mass is 35.5. The molecule has 0 fully saturated rings. The van der Waals surface area contributed by atoms with E-state index < -0.39 is 11.9 Å². The van der Waals surface area contributed by atoms with E-state index in [-0.39, 0.29) is 18.3 Å². The molecule has 1 rings (SSSR count). The molecule has 1 atom stereocenters. The number of nitrogens with one attached hydrogen (secondary N) is 2. The van der Waals surface area contributed by atoms with Gasteiger partial charge in [0.25, 0.3) is 5.91 Å². The summed E-state index contributed by atoms with van der Waals surface area (Å²) in [5, 5.41) is 5.56. The Hall–Kier alpha value is -2.08. The number of halogens is 1. The number of rotatable bonds is 8. The van der Waals surface area contributed by atoms with Crippen LogP contribution in [0.4, 0.5) is 0 Å². The predicted molar refractivity (Wildman–Crippen MR) is 87.3 cm³/mol. The molecule has 0 saturated heterocycles. The lowest BCUT2D eigenvalue weighted by Crippen LogP contribution is -2.45. The van der Waals surface area contributed by atoms with Gasteiger partial charge < -0.3 is 15.4 Å². The van der Waals surface area contributed by atoms with Crippen LogP contribution < -0.4 is 10.6 Å². The van der Waals surface area contributed by atoms with Crippen molar-refractivity contribution >= 4 is 29.4 Å². The molecular weight excluding hydrogens is 320 g/mol. The monoisotopic (exact) mass is 340 g/mol. The van der Waals surface area contributed by atoms with Crippen LogP contribution in [0.3, 0.4) is 0 Å². The number of amides is 2. The van der Waals surface area contributed by atoms with E-state index in [4.69, 9.17) is 16.3 Å². The van der Waals surface area contributed by atoms with E-state index in [1.807, 2.05) is 0 Å². The Morgan fingerprint density at radius 3 is 2.61 bits per heavy atom. The van der Waals surface area contributed by atoms with Crippen LogP contribution in [-0.2, 0) is 14.3 Å². The largest absolute Gasteiger partial charge is 0.466 e. The molecule has 2 amide bonds. The number of carbonyl (C=O) groups excluding carboxylic acids is 3. The summed E-state index contributed by atoms with van der Waals surface area (Å²) in [6, 6.07) is 5.90. The SMILES string of the molecule is CCOC(=O)CCCNC(=O)C(C)NC(=O)c1ccccc1Cl. The summed E-state index contributed by atoms with van der Waals surface area (Å²) in [6.45, 7) is 4.00. The molecule has 0 heterocycles. The third kappa shape index (κ3) is 6.69. The number of carbonyl (C=O) groups is 3. The van der Waals surface area contributed by atoms with E-state index in [0.29, 0.717) is 30.2 Å². The van der Waals surface area contributed by atoms with Crippen LogP contribution in [0, 0.1) is 0 Å². The highest BCUT2D eigenvalue weighted by Gasteiger charge is 2.17. The smallest absolute Gasteiger partial charge is 0.305 e. The van der Waals surface area contributed by atoms with Gasteiger partial charge in [0.1, 0.15) is 6.04 Å². The second-order valence-electron chi connectivity index (χ2n) is 4.87. The molecule has 23 heavy (non-hydrogen) atoms. The Balaban J connectivity index is 2.35. The van der Waals surface area contributed by atoms with Crippen LogP contribution in [0.1, 0.15) is 37.0 Å². The van der Waals surface area contributed by atoms with Gasteiger partial charge in [0.05, 0.1) is 17.2 Å². The van der Waals surface area contributed by atoms with Crippen molar-refractivity contribution in [3.8, 4) is 0 Å². The standard InChI is InChI=1S/C16H21ClN2O4/c1-3-23-14(20)9-6-10-18-15(21)11(2)19-16(22)12-7-4-5-8-13(12)17/h4-5,7-8,11H,3,6,9-10H2,1-2H3,(H,18,21)(H,19,22). The Kier molecular flexibility index (Phi) is 8.11. The normalized spacial score (nSPS) is 11.4. The lowest BCUT2D eigenvalue weighted by Gasteiger charge is -2.14. The summed E-state index contributed by atoms with van der Waals surface area (Å²) in [5.41, 5.74) is 0.316. The molecule has 1 unspecified atom stereocenters. The molecule has 0 aliphatic carbocycles. The first-order valence-corrected chi connectivity index (χ1v) is 7.82. The van der Waals surface area contributed by atoms with Gasteiger partial charge in [0.15, 0.2) is 0 Å². The molecule has 2 N–H and O–H groups in total. The van der Waals surface area contributed by atoms with Crippen molar-refractivity contribution in [2.45, 2.75) is 32.7 Å². The van der Waals surface area contributed by atoms with Gasteiger partial charge in [-0.2, -0.15) is 0 Å². The van der Waals surface area contributed by atoms with Crippen LogP contribution in [0.5, 0.6) is 0 Å². The predicted octanol–water partition coefficient (Wildman–Crippen LogP) is 1.92. The summed E-state index contributed by atoms with van der Waals surface area (Å²) < 4.78 is 4.79. The molecule has 6 nitrogen and oxygen atoms in total. The van der Waals surface area contributed by atoms with E-state index in [2.05, 4.69) is 10.6 Å². The van der Waals surface area contributed by atoms with Crippen molar-refractivity contribution in [1.82, 2.24) is 10.6 Å². The molecule has 0 radical (unpaired) electrons. The van der Waals surface area contributed by atoms with E-state index in [0.717, 1.165) is 0 Å². The van der Waals surface area contributed by atoms with Crippen molar-refractivity contribution in [3.05, 3.63) is 34.9 Å². The first-order valence-electron chi connectivity index (χ1n) is 7.44. The molecule has 0 spiro atoms. The van der Waals surface area contributed by atoms with Crippen molar-refractivity contribution in [2.75, 3.05) is 13.2 Å². The van der Waals surface area contributed by atoms with E-state index in [1.165, 1.54) is 0 Å². The fraction of sp³-hybridized carbons (Fsp3) is 0.438. The summed E-state index contributed by atoms with van der Waals surface area (Å²) in [4.78, 5) is 35.1. The Morgan fingerprint density at radius 1 is 1.26 bits per heavy atom. The lowest BCUT2D eigenvalue weighted by atomic mass is 10.2. The highest BCUT2D eigenvalue weighted by Crippen LogP contribution is 2.14. The van der Waals surface area contributed by atoms with E-state index >= 15 is 0 Å². The lowest BCUT2D eigenvalue weighted by molar-refractivity contribution is -0.143.